The second kappa shape index (κ2) is 9.83. The average molecular weight is 445 g/mol. The summed E-state index contributed by atoms with van der Waals surface area (Å²) < 4.78 is 10.1. The zero-order valence-corrected chi connectivity index (χ0v) is 18.4. The monoisotopic (exact) mass is 444 g/mol. The zero-order chi connectivity index (χ0) is 22.5. The van der Waals surface area contributed by atoms with E-state index in [0.29, 0.717) is 11.6 Å². The van der Waals surface area contributed by atoms with Crippen molar-refractivity contribution in [2.24, 2.45) is 5.92 Å². The molecular formula is C23H25ClN2O5. The van der Waals surface area contributed by atoms with E-state index in [0.717, 1.165) is 16.9 Å². The van der Waals surface area contributed by atoms with Crippen molar-refractivity contribution in [1.29, 1.82) is 0 Å². The molecule has 1 aliphatic heterocycles. The summed E-state index contributed by atoms with van der Waals surface area (Å²) in [5.41, 5.74) is 1.61. The van der Waals surface area contributed by atoms with E-state index in [1.165, 1.54) is 18.9 Å². The molecule has 2 aromatic carbocycles. The van der Waals surface area contributed by atoms with Crippen molar-refractivity contribution in [3.05, 3.63) is 64.7 Å². The standard InChI is InChI=1S/C23H25ClN2O5/c1-14(27)26-20(22(28)25-13-15-4-10-18(30-2)11-5-15)12-19(23(29)31-3)21(26)16-6-8-17(24)9-7-16/h4-11,19-21H,12-13H2,1-3H3,(H,25,28). The van der Waals surface area contributed by atoms with Crippen LogP contribution in [0.3, 0.4) is 0 Å². The predicted molar refractivity (Wildman–Crippen MR) is 115 cm³/mol. The number of rotatable bonds is 6. The van der Waals surface area contributed by atoms with Crippen LogP contribution in [0.2, 0.25) is 5.02 Å². The van der Waals surface area contributed by atoms with Crippen LogP contribution in [0.25, 0.3) is 0 Å². The van der Waals surface area contributed by atoms with Crippen LogP contribution < -0.4 is 10.1 Å². The molecule has 7 nitrogen and oxygen atoms in total. The molecule has 2 amide bonds. The van der Waals surface area contributed by atoms with Gasteiger partial charge >= 0.3 is 5.97 Å². The number of methoxy groups -OCH3 is 2. The van der Waals surface area contributed by atoms with Crippen molar-refractivity contribution >= 4 is 29.4 Å². The molecule has 0 spiro atoms. The van der Waals surface area contributed by atoms with Gasteiger partial charge in [-0.05, 0) is 41.8 Å². The minimum absolute atomic E-state index is 0.175. The number of nitrogens with zero attached hydrogens (tertiary/aromatic N) is 1. The molecule has 8 heteroatoms. The van der Waals surface area contributed by atoms with Crippen LogP contribution in [0.15, 0.2) is 48.5 Å². The molecule has 1 saturated heterocycles. The van der Waals surface area contributed by atoms with Gasteiger partial charge in [-0.2, -0.15) is 0 Å². The molecule has 1 aliphatic rings. The zero-order valence-electron chi connectivity index (χ0n) is 17.6. The lowest BCUT2D eigenvalue weighted by Crippen LogP contribution is -2.45. The van der Waals surface area contributed by atoms with Gasteiger partial charge in [0.25, 0.3) is 0 Å². The number of benzene rings is 2. The van der Waals surface area contributed by atoms with E-state index in [1.807, 2.05) is 24.3 Å². The third kappa shape index (κ3) is 4.99. The van der Waals surface area contributed by atoms with E-state index in [2.05, 4.69) is 5.32 Å². The molecule has 0 saturated carbocycles. The average Bonchev–Trinajstić information content (AvgIpc) is 3.19. The van der Waals surface area contributed by atoms with Gasteiger partial charge < -0.3 is 19.7 Å². The van der Waals surface area contributed by atoms with Gasteiger partial charge in [-0.3, -0.25) is 14.4 Å². The number of halogens is 1. The lowest BCUT2D eigenvalue weighted by molar-refractivity contribution is -0.147. The van der Waals surface area contributed by atoms with Crippen LogP contribution in [0, 0.1) is 5.92 Å². The molecule has 31 heavy (non-hydrogen) atoms. The maximum atomic E-state index is 13.0. The van der Waals surface area contributed by atoms with Gasteiger partial charge in [-0.25, -0.2) is 0 Å². The molecule has 164 valence electrons. The smallest absolute Gasteiger partial charge is 0.311 e. The quantitative estimate of drug-likeness (QED) is 0.692. The molecule has 2 aromatic rings. The first-order valence-electron chi connectivity index (χ1n) is 9.88. The number of carbonyl (C=O) groups excluding carboxylic acids is 3. The molecule has 1 N–H and O–H groups in total. The van der Waals surface area contributed by atoms with Crippen molar-refractivity contribution in [3.8, 4) is 5.75 Å². The molecule has 0 radical (unpaired) electrons. The molecule has 1 fully saturated rings. The molecular weight excluding hydrogens is 420 g/mol. The van der Waals surface area contributed by atoms with Crippen molar-refractivity contribution in [3.63, 3.8) is 0 Å². The Kier molecular flexibility index (Phi) is 7.17. The largest absolute Gasteiger partial charge is 0.497 e. The lowest BCUT2D eigenvalue weighted by atomic mass is 9.93. The van der Waals surface area contributed by atoms with E-state index in [1.54, 1.807) is 31.4 Å². The Morgan fingerprint density at radius 1 is 1.06 bits per heavy atom. The van der Waals surface area contributed by atoms with Crippen LogP contribution in [-0.4, -0.2) is 42.9 Å². The van der Waals surface area contributed by atoms with E-state index in [9.17, 15) is 14.4 Å². The fraction of sp³-hybridized carbons (Fsp3) is 0.348. The van der Waals surface area contributed by atoms with Gasteiger partial charge in [-0.15, -0.1) is 0 Å². The molecule has 3 atom stereocenters. The van der Waals surface area contributed by atoms with Crippen molar-refractivity contribution in [2.75, 3.05) is 14.2 Å². The molecule has 3 rings (SSSR count). The fourth-order valence-corrected chi connectivity index (χ4v) is 4.13. The van der Waals surface area contributed by atoms with E-state index in [4.69, 9.17) is 21.1 Å². The highest BCUT2D eigenvalue weighted by Crippen LogP contribution is 2.42. The third-order valence-corrected chi connectivity index (χ3v) is 5.75. The number of ether oxygens (including phenoxy) is 2. The van der Waals surface area contributed by atoms with E-state index in [-0.39, 0.29) is 18.2 Å². The van der Waals surface area contributed by atoms with Gasteiger partial charge in [0, 0.05) is 18.5 Å². The molecule has 0 aromatic heterocycles. The Bertz CT molecular complexity index is 945. The summed E-state index contributed by atoms with van der Waals surface area (Å²) in [6.45, 7) is 1.69. The number of amides is 2. The van der Waals surface area contributed by atoms with Crippen molar-refractivity contribution in [2.45, 2.75) is 32.0 Å². The topological polar surface area (TPSA) is 84.9 Å². The van der Waals surface area contributed by atoms with Crippen molar-refractivity contribution in [1.82, 2.24) is 10.2 Å². The number of carbonyl (C=O) groups is 3. The Morgan fingerprint density at radius 3 is 2.26 bits per heavy atom. The summed E-state index contributed by atoms with van der Waals surface area (Å²) >= 11 is 6.00. The van der Waals surface area contributed by atoms with Crippen LogP contribution in [0.1, 0.15) is 30.5 Å². The predicted octanol–water partition coefficient (Wildman–Crippen LogP) is 3.12. The number of hydrogen-bond acceptors (Lipinski definition) is 5. The minimum atomic E-state index is -0.791. The molecule has 0 bridgehead atoms. The van der Waals surface area contributed by atoms with Crippen LogP contribution in [0.5, 0.6) is 5.75 Å². The SMILES string of the molecule is COC(=O)C1CC(C(=O)NCc2ccc(OC)cc2)N(C(C)=O)C1c1ccc(Cl)cc1. The molecule has 1 heterocycles. The molecule has 3 unspecified atom stereocenters. The summed E-state index contributed by atoms with van der Waals surface area (Å²) in [7, 11) is 2.89. The van der Waals surface area contributed by atoms with Gasteiger partial charge in [0.05, 0.1) is 26.2 Å². The molecule has 0 aliphatic carbocycles. The first kappa shape index (κ1) is 22.6. The van der Waals surface area contributed by atoms with Gasteiger partial charge in [-0.1, -0.05) is 35.9 Å². The summed E-state index contributed by atoms with van der Waals surface area (Å²) in [4.78, 5) is 39.6. The van der Waals surface area contributed by atoms with Gasteiger partial charge in [0.1, 0.15) is 11.8 Å². The van der Waals surface area contributed by atoms with Crippen LogP contribution >= 0.6 is 11.6 Å². The Balaban J connectivity index is 1.83. The van der Waals surface area contributed by atoms with E-state index < -0.39 is 24.0 Å². The third-order valence-electron chi connectivity index (χ3n) is 5.50. The second-order valence-electron chi connectivity index (χ2n) is 7.37. The van der Waals surface area contributed by atoms with Gasteiger partial charge in [0.2, 0.25) is 11.8 Å². The maximum Gasteiger partial charge on any atom is 0.311 e. The number of nitrogens with one attached hydrogen (secondary N) is 1. The van der Waals surface area contributed by atoms with Crippen molar-refractivity contribution < 1.29 is 23.9 Å². The van der Waals surface area contributed by atoms with Crippen LogP contribution in [-0.2, 0) is 25.7 Å². The Labute approximate surface area is 186 Å². The highest BCUT2D eigenvalue weighted by molar-refractivity contribution is 6.30. The van der Waals surface area contributed by atoms with E-state index >= 15 is 0 Å². The Hall–Kier alpha value is -3.06. The number of likely N-dealkylation sites (tertiary alicyclic amines) is 1. The highest BCUT2D eigenvalue weighted by Gasteiger charge is 2.49. The Morgan fingerprint density at radius 2 is 1.71 bits per heavy atom. The first-order chi connectivity index (χ1) is 14.8. The summed E-state index contributed by atoms with van der Waals surface area (Å²) in [6, 6.07) is 12.8. The fourth-order valence-electron chi connectivity index (χ4n) is 4.00. The first-order valence-corrected chi connectivity index (χ1v) is 10.3. The second-order valence-corrected chi connectivity index (χ2v) is 7.81. The summed E-state index contributed by atoms with van der Waals surface area (Å²) in [5, 5.41) is 3.42. The number of esters is 1. The normalized spacial score (nSPS) is 20.3. The summed E-state index contributed by atoms with van der Waals surface area (Å²) in [5.74, 6) is -1.02. The highest BCUT2D eigenvalue weighted by atomic mass is 35.5. The minimum Gasteiger partial charge on any atom is -0.497 e. The summed E-state index contributed by atoms with van der Waals surface area (Å²) in [6.07, 6.45) is 0.175. The lowest BCUT2D eigenvalue weighted by Gasteiger charge is -2.30. The maximum absolute atomic E-state index is 13.0. The van der Waals surface area contributed by atoms with Crippen LogP contribution in [0.4, 0.5) is 0 Å². The van der Waals surface area contributed by atoms with Gasteiger partial charge in [0.15, 0.2) is 0 Å². The number of hydrogen-bond donors (Lipinski definition) is 1.